The predicted molar refractivity (Wildman–Crippen MR) is 144 cm³/mol. The molecule has 0 amide bonds. The van der Waals surface area contributed by atoms with Gasteiger partial charge in [-0.25, -0.2) is 9.97 Å². The second kappa shape index (κ2) is 6.84. The highest BCUT2D eigenvalue weighted by Crippen LogP contribution is 2.35. The minimum atomic E-state index is 0.932. The molecule has 4 heterocycles. The molecule has 0 aliphatic carbocycles. The first-order valence-corrected chi connectivity index (χ1v) is 11.7. The molecule has 4 aromatic carbocycles. The Morgan fingerprint density at radius 2 is 1.34 bits per heavy atom. The number of pyridine rings is 3. The summed E-state index contributed by atoms with van der Waals surface area (Å²) >= 11 is 0. The number of fused-ring (bicyclic) bond motifs is 11. The summed E-state index contributed by atoms with van der Waals surface area (Å²) in [5.74, 6) is 0. The minimum Gasteiger partial charge on any atom is -0.292 e. The van der Waals surface area contributed by atoms with Crippen LogP contribution in [0.15, 0.2) is 109 Å². The molecule has 162 valence electrons. The van der Waals surface area contributed by atoms with Crippen LogP contribution >= 0.6 is 0 Å². The lowest BCUT2D eigenvalue weighted by atomic mass is 10.0. The normalized spacial score (nSPS) is 12.0. The quantitative estimate of drug-likeness (QED) is 0.244. The summed E-state index contributed by atoms with van der Waals surface area (Å²) < 4.78 is 2.28. The van der Waals surface area contributed by atoms with Crippen LogP contribution in [0, 0.1) is 0 Å². The Balaban J connectivity index is 1.46. The van der Waals surface area contributed by atoms with Crippen LogP contribution < -0.4 is 0 Å². The van der Waals surface area contributed by atoms with Crippen molar-refractivity contribution in [2.75, 3.05) is 0 Å². The third-order valence-corrected chi connectivity index (χ3v) is 6.98. The predicted octanol–water partition coefficient (Wildman–Crippen LogP) is 7.56. The average Bonchev–Trinajstić information content (AvgIpc) is 3.33. The Hall–Kier alpha value is -4.83. The Morgan fingerprint density at radius 3 is 2.29 bits per heavy atom. The van der Waals surface area contributed by atoms with Crippen LogP contribution in [-0.2, 0) is 0 Å². The summed E-state index contributed by atoms with van der Waals surface area (Å²) in [6.07, 6.45) is 1.83. The van der Waals surface area contributed by atoms with Crippen molar-refractivity contribution in [3.05, 3.63) is 109 Å². The molecule has 0 atom stereocenters. The molecule has 0 bridgehead atoms. The maximum absolute atomic E-state index is 5.08. The summed E-state index contributed by atoms with van der Waals surface area (Å²) in [6, 6.07) is 36.0. The van der Waals surface area contributed by atoms with E-state index in [0.717, 1.165) is 60.6 Å². The van der Waals surface area contributed by atoms with Crippen molar-refractivity contribution in [1.29, 1.82) is 0 Å². The monoisotopic (exact) mass is 446 g/mol. The van der Waals surface area contributed by atoms with Crippen molar-refractivity contribution in [2.45, 2.75) is 0 Å². The third-order valence-electron chi connectivity index (χ3n) is 6.98. The van der Waals surface area contributed by atoms with Crippen LogP contribution in [-0.4, -0.2) is 19.4 Å². The number of hydrogen-bond acceptors (Lipinski definition) is 3. The van der Waals surface area contributed by atoms with E-state index < -0.39 is 0 Å². The van der Waals surface area contributed by atoms with Crippen LogP contribution in [0.5, 0.6) is 0 Å². The van der Waals surface area contributed by atoms with Gasteiger partial charge in [0.1, 0.15) is 5.65 Å². The Bertz CT molecular complexity index is 2120. The van der Waals surface area contributed by atoms with Gasteiger partial charge in [-0.1, -0.05) is 66.7 Å². The van der Waals surface area contributed by atoms with E-state index in [1.54, 1.807) is 0 Å². The molecule has 0 saturated carbocycles. The number of nitrogens with zero attached hydrogens (tertiary/aromatic N) is 4. The number of para-hydroxylation sites is 2. The van der Waals surface area contributed by atoms with Gasteiger partial charge in [-0.05, 0) is 41.8 Å². The first kappa shape index (κ1) is 18.6. The van der Waals surface area contributed by atoms with Gasteiger partial charge in [-0.15, -0.1) is 0 Å². The van der Waals surface area contributed by atoms with Crippen LogP contribution in [0.2, 0.25) is 0 Å². The van der Waals surface area contributed by atoms with E-state index in [2.05, 4.69) is 100 Å². The van der Waals surface area contributed by atoms with Crippen molar-refractivity contribution >= 4 is 60.2 Å². The minimum absolute atomic E-state index is 0.932. The molecule has 0 aliphatic rings. The molecule has 0 radical (unpaired) electrons. The van der Waals surface area contributed by atoms with Gasteiger partial charge in [0.15, 0.2) is 0 Å². The SMILES string of the molecule is c1cnc2c(c1)ccc1ccc(-c3ccc4c(c3)c3ccccc3c3nc5ccccc5n43)nc12. The molecule has 4 heteroatoms. The van der Waals surface area contributed by atoms with Crippen molar-refractivity contribution in [1.82, 2.24) is 19.4 Å². The van der Waals surface area contributed by atoms with E-state index in [9.17, 15) is 0 Å². The molecule has 4 aromatic heterocycles. The molecule has 4 nitrogen and oxygen atoms in total. The van der Waals surface area contributed by atoms with Gasteiger partial charge < -0.3 is 0 Å². The lowest BCUT2D eigenvalue weighted by Crippen LogP contribution is -1.93. The molecule has 8 aromatic rings. The zero-order valence-corrected chi connectivity index (χ0v) is 18.7. The standard InChI is InChI=1S/C31H18N4/c1-2-8-23-22(7-1)24-18-21(14-16-27(24)35-28-10-4-3-9-26(28)34-31(23)35)25-15-13-20-12-11-19-6-5-17-32-29(19)30(20)33-25/h1-18H. The van der Waals surface area contributed by atoms with E-state index in [-0.39, 0.29) is 0 Å². The molecule has 0 spiro atoms. The summed E-state index contributed by atoms with van der Waals surface area (Å²) in [4.78, 5) is 14.7. The molecule has 0 aliphatic heterocycles. The molecular weight excluding hydrogens is 428 g/mol. The second-order valence-corrected chi connectivity index (χ2v) is 8.95. The van der Waals surface area contributed by atoms with Gasteiger partial charge in [0.2, 0.25) is 0 Å². The van der Waals surface area contributed by atoms with Crippen LogP contribution in [0.3, 0.4) is 0 Å². The Morgan fingerprint density at radius 1 is 0.543 bits per heavy atom. The number of hydrogen-bond donors (Lipinski definition) is 0. The number of imidazole rings is 1. The molecule has 8 rings (SSSR count). The zero-order valence-electron chi connectivity index (χ0n) is 18.7. The fourth-order valence-electron chi connectivity index (χ4n) is 5.35. The molecule has 0 fully saturated rings. The maximum atomic E-state index is 5.08. The van der Waals surface area contributed by atoms with E-state index in [1.165, 1.54) is 10.8 Å². The fraction of sp³-hybridized carbons (Fsp3) is 0. The lowest BCUT2D eigenvalue weighted by molar-refractivity contribution is 1.31. The van der Waals surface area contributed by atoms with Crippen LogP contribution in [0.1, 0.15) is 0 Å². The Kier molecular flexibility index (Phi) is 3.63. The van der Waals surface area contributed by atoms with Crippen molar-refractivity contribution in [3.8, 4) is 11.3 Å². The van der Waals surface area contributed by atoms with Gasteiger partial charge in [0.05, 0.1) is 33.3 Å². The van der Waals surface area contributed by atoms with Crippen LogP contribution in [0.4, 0.5) is 0 Å². The molecule has 0 saturated heterocycles. The summed E-state index contributed by atoms with van der Waals surface area (Å²) in [5.41, 5.74) is 8.15. The zero-order chi connectivity index (χ0) is 22.9. The molecule has 35 heavy (non-hydrogen) atoms. The van der Waals surface area contributed by atoms with E-state index in [1.807, 2.05) is 18.3 Å². The van der Waals surface area contributed by atoms with Gasteiger partial charge in [-0.2, -0.15) is 0 Å². The van der Waals surface area contributed by atoms with Gasteiger partial charge in [-0.3, -0.25) is 9.38 Å². The topological polar surface area (TPSA) is 43.1 Å². The lowest BCUT2D eigenvalue weighted by Gasteiger charge is -2.11. The number of aromatic nitrogens is 4. The second-order valence-electron chi connectivity index (χ2n) is 8.95. The van der Waals surface area contributed by atoms with Gasteiger partial charge in [0.25, 0.3) is 0 Å². The molecule has 0 N–H and O–H groups in total. The molecule has 0 unspecified atom stereocenters. The smallest absolute Gasteiger partial charge is 0.146 e. The third kappa shape index (κ3) is 2.59. The van der Waals surface area contributed by atoms with E-state index >= 15 is 0 Å². The number of benzene rings is 4. The average molecular weight is 447 g/mol. The first-order valence-electron chi connectivity index (χ1n) is 11.7. The van der Waals surface area contributed by atoms with Gasteiger partial charge >= 0.3 is 0 Å². The highest BCUT2D eigenvalue weighted by atomic mass is 15.0. The van der Waals surface area contributed by atoms with Crippen molar-refractivity contribution in [3.63, 3.8) is 0 Å². The highest BCUT2D eigenvalue weighted by Gasteiger charge is 2.14. The maximum Gasteiger partial charge on any atom is 0.146 e. The van der Waals surface area contributed by atoms with E-state index in [4.69, 9.17) is 9.97 Å². The largest absolute Gasteiger partial charge is 0.292 e. The van der Waals surface area contributed by atoms with Crippen LogP contribution in [0.25, 0.3) is 71.4 Å². The fourth-order valence-corrected chi connectivity index (χ4v) is 5.35. The van der Waals surface area contributed by atoms with Gasteiger partial charge in [0, 0.05) is 33.3 Å². The number of rotatable bonds is 1. The van der Waals surface area contributed by atoms with Crippen molar-refractivity contribution < 1.29 is 0 Å². The molecular formula is C31H18N4. The summed E-state index contributed by atoms with van der Waals surface area (Å²) in [5, 5.41) is 5.73. The van der Waals surface area contributed by atoms with Crippen molar-refractivity contribution in [2.24, 2.45) is 0 Å². The summed E-state index contributed by atoms with van der Waals surface area (Å²) in [6.45, 7) is 0. The Labute approximate surface area is 200 Å². The first-order chi connectivity index (χ1) is 17.3. The van der Waals surface area contributed by atoms with E-state index in [0.29, 0.717) is 0 Å². The highest BCUT2D eigenvalue weighted by molar-refractivity contribution is 6.14. The summed E-state index contributed by atoms with van der Waals surface area (Å²) in [7, 11) is 0.